The molecule has 0 aromatic heterocycles. The van der Waals surface area contributed by atoms with E-state index in [1.165, 1.54) is 0 Å². The van der Waals surface area contributed by atoms with Crippen molar-refractivity contribution in [2.24, 2.45) is 0 Å². The van der Waals surface area contributed by atoms with Crippen molar-refractivity contribution in [2.75, 3.05) is 50.8 Å². The summed E-state index contributed by atoms with van der Waals surface area (Å²) in [6.07, 6.45) is 2.59. The highest BCUT2D eigenvalue weighted by Crippen LogP contribution is 2.21. The van der Waals surface area contributed by atoms with Gasteiger partial charge >= 0.3 is 5.97 Å². The Morgan fingerprint density at radius 2 is 1.78 bits per heavy atom. The summed E-state index contributed by atoms with van der Waals surface area (Å²) in [6.45, 7) is 6.37. The first kappa shape index (κ1) is 19.5. The minimum atomic E-state index is -0.426. The third kappa shape index (κ3) is 4.91. The number of esters is 1. The Hall–Kier alpha value is -2.28. The highest BCUT2D eigenvalue weighted by Gasteiger charge is 2.34. The van der Waals surface area contributed by atoms with Crippen molar-refractivity contribution < 1.29 is 19.4 Å². The zero-order valence-electron chi connectivity index (χ0n) is 16.0. The predicted octanol–water partition coefficient (Wildman–Crippen LogP) is 1.46. The number of carbonyl (C=O) groups is 2. The molecule has 1 atom stereocenters. The quantitative estimate of drug-likeness (QED) is 0.786. The lowest BCUT2D eigenvalue weighted by molar-refractivity contribution is -0.157. The van der Waals surface area contributed by atoms with Gasteiger partial charge in [-0.2, -0.15) is 0 Å². The number of phenols is 1. The first-order chi connectivity index (χ1) is 13.1. The molecule has 148 valence electrons. The minimum Gasteiger partial charge on any atom is -0.508 e. The summed E-state index contributed by atoms with van der Waals surface area (Å²) in [6, 6.07) is 6.78. The molecule has 7 nitrogen and oxygen atoms in total. The van der Waals surface area contributed by atoms with E-state index in [0.717, 1.165) is 44.7 Å². The molecular formula is C20H29N3O4. The van der Waals surface area contributed by atoms with Crippen molar-refractivity contribution in [3.63, 3.8) is 0 Å². The Labute approximate surface area is 160 Å². The van der Waals surface area contributed by atoms with Gasteiger partial charge in [0.05, 0.1) is 13.2 Å². The summed E-state index contributed by atoms with van der Waals surface area (Å²) in [5.74, 6) is 0.00852. The van der Waals surface area contributed by atoms with Crippen LogP contribution in [0.5, 0.6) is 5.75 Å². The van der Waals surface area contributed by atoms with Crippen LogP contribution in [0.15, 0.2) is 24.3 Å². The van der Waals surface area contributed by atoms with E-state index in [2.05, 4.69) is 9.80 Å². The molecule has 0 aliphatic carbocycles. The number of piperidine rings is 1. The number of carbonyl (C=O) groups excluding carboxylic acids is 2. The monoisotopic (exact) mass is 375 g/mol. The van der Waals surface area contributed by atoms with Crippen molar-refractivity contribution in [2.45, 2.75) is 32.2 Å². The number of hydrogen-bond acceptors (Lipinski definition) is 6. The maximum absolute atomic E-state index is 12.8. The molecule has 0 radical (unpaired) electrons. The van der Waals surface area contributed by atoms with Gasteiger partial charge in [0.15, 0.2) is 0 Å². The molecule has 0 saturated carbocycles. The lowest BCUT2D eigenvalue weighted by atomic mass is 10.0. The van der Waals surface area contributed by atoms with Gasteiger partial charge in [0.25, 0.3) is 0 Å². The first-order valence-corrected chi connectivity index (χ1v) is 9.81. The van der Waals surface area contributed by atoms with E-state index in [-0.39, 0.29) is 17.6 Å². The number of aromatic hydroxyl groups is 1. The van der Waals surface area contributed by atoms with Crippen LogP contribution < -0.4 is 4.90 Å². The predicted molar refractivity (Wildman–Crippen MR) is 103 cm³/mol. The SMILES string of the molecule is CCOC(=O)[C@H]1CCCCN1C(=O)CN1CCN(c2ccc(O)cc2)CC1. The van der Waals surface area contributed by atoms with E-state index in [0.29, 0.717) is 26.1 Å². The van der Waals surface area contributed by atoms with Gasteiger partial charge in [-0.25, -0.2) is 4.79 Å². The van der Waals surface area contributed by atoms with Gasteiger partial charge in [-0.1, -0.05) is 0 Å². The van der Waals surface area contributed by atoms with Gasteiger partial charge in [0, 0.05) is 38.4 Å². The fourth-order valence-corrected chi connectivity index (χ4v) is 3.82. The molecule has 7 heteroatoms. The fourth-order valence-electron chi connectivity index (χ4n) is 3.82. The van der Waals surface area contributed by atoms with E-state index < -0.39 is 6.04 Å². The number of anilines is 1. The van der Waals surface area contributed by atoms with Crippen LogP contribution in [0.2, 0.25) is 0 Å². The zero-order valence-corrected chi connectivity index (χ0v) is 16.0. The highest BCUT2D eigenvalue weighted by molar-refractivity contribution is 5.85. The van der Waals surface area contributed by atoms with Crippen molar-refractivity contribution >= 4 is 17.6 Å². The van der Waals surface area contributed by atoms with Gasteiger partial charge in [-0.15, -0.1) is 0 Å². The molecule has 2 fully saturated rings. The molecule has 1 aromatic rings. The summed E-state index contributed by atoms with van der Waals surface area (Å²) in [5, 5.41) is 9.41. The van der Waals surface area contributed by atoms with Crippen molar-refractivity contribution in [3.05, 3.63) is 24.3 Å². The molecular weight excluding hydrogens is 346 g/mol. The Bertz CT molecular complexity index is 641. The van der Waals surface area contributed by atoms with E-state index in [1.807, 2.05) is 12.1 Å². The smallest absolute Gasteiger partial charge is 0.328 e. The Morgan fingerprint density at radius 1 is 1.07 bits per heavy atom. The van der Waals surface area contributed by atoms with E-state index in [9.17, 15) is 14.7 Å². The maximum atomic E-state index is 12.8. The largest absolute Gasteiger partial charge is 0.508 e. The van der Waals surface area contributed by atoms with Crippen LogP contribution in [0.3, 0.4) is 0 Å². The molecule has 2 saturated heterocycles. The lowest BCUT2D eigenvalue weighted by Crippen LogP contribution is -2.54. The number of benzene rings is 1. The lowest BCUT2D eigenvalue weighted by Gasteiger charge is -2.38. The molecule has 0 unspecified atom stereocenters. The second kappa shape index (κ2) is 9.08. The number of likely N-dealkylation sites (tertiary alicyclic amines) is 1. The number of hydrogen-bond donors (Lipinski definition) is 1. The van der Waals surface area contributed by atoms with Gasteiger partial charge in [-0.05, 0) is 50.5 Å². The van der Waals surface area contributed by atoms with Crippen molar-refractivity contribution in [3.8, 4) is 5.75 Å². The number of piperazine rings is 1. The number of ether oxygens (including phenoxy) is 1. The fraction of sp³-hybridized carbons (Fsp3) is 0.600. The van der Waals surface area contributed by atoms with Crippen LogP contribution >= 0.6 is 0 Å². The average molecular weight is 375 g/mol. The molecule has 2 heterocycles. The molecule has 2 aliphatic heterocycles. The van der Waals surface area contributed by atoms with Crippen LogP contribution in [-0.2, 0) is 14.3 Å². The topological polar surface area (TPSA) is 73.3 Å². The van der Waals surface area contributed by atoms with Crippen LogP contribution in [0, 0.1) is 0 Å². The summed E-state index contributed by atoms with van der Waals surface area (Å²) in [4.78, 5) is 31.1. The second-order valence-electron chi connectivity index (χ2n) is 7.13. The first-order valence-electron chi connectivity index (χ1n) is 9.81. The normalized spacial score (nSPS) is 21.1. The number of rotatable bonds is 5. The molecule has 1 N–H and O–H groups in total. The van der Waals surface area contributed by atoms with Crippen LogP contribution in [-0.4, -0.2) is 78.7 Å². The second-order valence-corrected chi connectivity index (χ2v) is 7.13. The summed E-state index contributed by atoms with van der Waals surface area (Å²) < 4.78 is 5.15. The van der Waals surface area contributed by atoms with Crippen molar-refractivity contribution in [1.29, 1.82) is 0 Å². The van der Waals surface area contributed by atoms with Gasteiger partial charge in [0.2, 0.25) is 5.91 Å². The van der Waals surface area contributed by atoms with Gasteiger partial charge in [-0.3, -0.25) is 9.69 Å². The standard InChI is InChI=1S/C20H29N3O4/c1-2-27-20(26)18-5-3-4-10-23(18)19(25)15-21-11-13-22(14-12-21)16-6-8-17(24)9-7-16/h6-9,18,24H,2-5,10-15H2,1H3/t18-/m1/s1. The van der Waals surface area contributed by atoms with Crippen molar-refractivity contribution in [1.82, 2.24) is 9.80 Å². The molecule has 27 heavy (non-hydrogen) atoms. The number of phenolic OH excluding ortho intramolecular Hbond substituents is 1. The zero-order chi connectivity index (χ0) is 19.2. The van der Waals surface area contributed by atoms with Gasteiger partial charge in [0.1, 0.15) is 11.8 Å². The molecule has 0 spiro atoms. The number of nitrogens with zero attached hydrogens (tertiary/aromatic N) is 3. The molecule has 2 aliphatic rings. The Kier molecular flexibility index (Phi) is 6.55. The van der Waals surface area contributed by atoms with E-state index in [4.69, 9.17) is 4.74 Å². The summed E-state index contributed by atoms with van der Waals surface area (Å²) in [5.41, 5.74) is 1.08. The molecule has 0 bridgehead atoms. The Morgan fingerprint density at radius 3 is 2.44 bits per heavy atom. The third-order valence-corrected chi connectivity index (χ3v) is 5.33. The molecule has 1 aromatic carbocycles. The third-order valence-electron chi connectivity index (χ3n) is 5.33. The van der Waals surface area contributed by atoms with Crippen LogP contribution in [0.25, 0.3) is 0 Å². The molecule has 1 amide bonds. The maximum Gasteiger partial charge on any atom is 0.328 e. The Balaban J connectivity index is 1.52. The van der Waals surface area contributed by atoms with E-state index in [1.54, 1.807) is 24.0 Å². The summed E-state index contributed by atoms with van der Waals surface area (Å²) >= 11 is 0. The number of amides is 1. The van der Waals surface area contributed by atoms with Gasteiger partial charge < -0.3 is 19.6 Å². The highest BCUT2D eigenvalue weighted by atomic mass is 16.5. The van der Waals surface area contributed by atoms with E-state index >= 15 is 0 Å². The van der Waals surface area contributed by atoms with Crippen LogP contribution in [0.1, 0.15) is 26.2 Å². The molecule has 3 rings (SSSR count). The average Bonchev–Trinajstić information content (AvgIpc) is 2.69. The van der Waals surface area contributed by atoms with Crippen LogP contribution in [0.4, 0.5) is 5.69 Å². The minimum absolute atomic E-state index is 0.0193. The summed E-state index contributed by atoms with van der Waals surface area (Å²) in [7, 11) is 0.